The van der Waals surface area contributed by atoms with E-state index in [0.29, 0.717) is 29.0 Å². The van der Waals surface area contributed by atoms with E-state index >= 15 is 0 Å². The van der Waals surface area contributed by atoms with E-state index in [1.807, 2.05) is 24.3 Å². The van der Waals surface area contributed by atoms with Gasteiger partial charge in [-0.05, 0) is 24.6 Å². The molecule has 1 aromatic carbocycles. The van der Waals surface area contributed by atoms with E-state index in [1.54, 1.807) is 31.1 Å². The number of aryl methyl sites for hydroxylation is 1. The molecule has 0 spiro atoms. The van der Waals surface area contributed by atoms with Crippen LogP contribution in [0, 0.1) is 6.92 Å². The minimum atomic E-state index is -1.13. The maximum atomic E-state index is 11.4. The summed E-state index contributed by atoms with van der Waals surface area (Å²) in [6.07, 6.45) is 5.28. The molecule has 3 heterocycles. The molecular formula is C20H18ClN5O3. The first kappa shape index (κ1) is 18.9. The molecule has 4 aromatic rings. The van der Waals surface area contributed by atoms with Crippen LogP contribution in [0.15, 0.2) is 42.9 Å². The highest BCUT2D eigenvalue weighted by molar-refractivity contribution is 6.38. The van der Waals surface area contributed by atoms with Gasteiger partial charge in [-0.25, -0.2) is 19.4 Å². The molecule has 8 nitrogen and oxygen atoms in total. The van der Waals surface area contributed by atoms with Crippen molar-refractivity contribution in [2.75, 3.05) is 7.11 Å². The second-order valence-electron chi connectivity index (χ2n) is 6.56. The molecule has 1 atom stereocenters. The molecule has 0 aliphatic rings. The Morgan fingerprint density at radius 1 is 1.31 bits per heavy atom. The van der Waals surface area contributed by atoms with Crippen LogP contribution in [0.1, 0.15) is 33.5 Å². The van der Waals surface area contributed by atoms with E-state index in [1.165, 1.54) is 6.20 Å². The van der Waals surface area contributed by atoms with Gasteiger partial charge in [0.25, 0.3) is 0 Å². The number of carbonyl (C=O) groups is 1. The Kier molecular flexibility index (Phi) is 4.94. The van der Waals surface area contributed by atoms with Gasteiger partial charge in [0.1, 0.15) is 17.6 Å². The van der Waals surface area contributed by atoms with E-state index in [2.05, 4.69) is 20.1 Å². The van der Waals surface area contributed by atoms with E-state index < -0.39 is 5.97 Å². The van der Waals surface area contributed by atoms with Gasteiger partial charge in [-0.15, -0.1) is 0 Å². The number of pyridine rings is 1. The minimum Gasteiger partial charge on any atom is -0.497 e. The number of halogens is 1. The highest BCUT2D eigenvalue weighted by Gasteiger charge is 2.25. The van der Waals surface area contributed by atoms with Gasteiger partial charge in [0.2, 0.25) is 0 Å². The second kappa shape index (κ2) is 7.56. The third-order valence-corrected chi connectivity index (χ3v) is 5.17. The number of benzene rings is 1. The van der Waals surface area contributed by atoms with Gasteiger partial charge in [0.05, 0.1) is 28.8 Å². The summed E-state index contributed by atoms with van der Waals surface area (Å²) in [7, 11) is 1.63. The van der Waals surface area contributed by atoms with Crippen molar-refractivity contribution >= 4 is 28.6 Å². The number of rotatable bonds is 6. The van der Waals surface area contributed by atoms with Gasteiger partial charge in [-0.1, -0.05) is 23.7 Å². The Morgan fingerprint density at radius 3 is 2.69 bits per heavy atom. The Labute approximate surface area is 171 Å². The van der Waals surface area contributed by atoms with Crippen LogP contribution in [0.4, 0.5) is 0 Å². The quantitative estimate of drug-likeness (QED) is 0.501. The molecule has 0 amide bonds. The molecule has 0 aliphatic carbocycles. The Balaban J connectivity index is 1.84. The summed E-state index contributed by atoms with van der Waals surface area (Å²) in [5, 5.41) is 14.6. The summed E-state index contributed by atoms with van der Waals surface area (Å²) in [5.74, 6) is 0.362. The van der Waals surface area contributed by atoms with Gasteiger partial charge in [0.15, 0.2) is 5.65 Å². The van der Waals surface area contributed by atoms with Gasteiger partial charge in [-0.2, -0.15) is 5.10 Å². The summed E-state index contributed by atoms with van der Waals surface area (Å²) in [6, 6.07) is 7.48. The lowest BCUT2D eigenvalue weighted by atomic mass is 10.1. The number of carboxylic acids is 1. The average Bonchev–Trinajstić information content (AvgIpc) is 3.35. The fourth-order valence-corrected chi connectivity index (χ4v) is 3.69. The van der Waals surface area contributed by atoms with Crippen LogP contribution in [0.5, 0.6) is 5.75 Å². The summed E-state index contributed by atoms with van der Waals surface area (Å²) < 4.78 is 6.97. The number of aromatic amines is 1. The molecule has 2 N–H and O–H groups in total. The summed E-state index contributed by atoms with van der Waals surface area (Å²) in [6.45, 7) is 1.78. The Morgan fingerprint density at radius 2 is 2.07 bits per heavy atom. The van der Waals surface area contributed by atoms with Crippen molar-refractivity contribution in [3.63, 3.8) is 0 Å². The van der Waals surface area contributed by atoms with Gasteiger partial charge in [0, 0.05) is 25.0 Å². The molecule has 148 valence electrons. The molecule has 0 bridgehead atoms. The van der Waals surface area contributed by atoms with Crippen LogP contribution in [-0.2, 0) is 6.42 Å². The molecule has 3 aromatic heterocycles. The zero-order valence-corrected chi connectivity index (χ0v) is 16.5. The van der Waals surface area contributed by atoms with Crippen LogP contribution >= 0.6 is 11.6 Å². The lowest BCUT2D eigenvalue weighted by molar-refractivity contribution is 0.0697. The Hall–Kier alpha value is -3.39. The standard InChI is InChI=1S/C20H18ClN5O3/c1-11-16-17(21)14(20(27)28)10-24-19(16)26(25-11)15(18-22-7-8-23-18)9-12-3-5-13(29-2)6-4-12/h3-8,10,15H,9H2,1-2H3,(H,22,23)(H,27,28). The van der Waals surface area contributed by atoms with E-state index in [4.69, 9.17) is 16.3 Å². The molecule has 9 heteroatoms. The zero-order valence-electron chi connectivity index (χ0n) is 15.8. The number of nitrogens with one attached hydrogen (secondary N) is 1. The molecular weight excluding hydrogens is 394 g/mol. The monoisotopic (exact) mass is 411 g/mol. The van der Waals surface area contributed by atoms with Crippen molar-refractivity contribution < 1.29 is 14.6 Å². The third-order valence-electron chi connectivity index (χ3n) is 4.78. The molecule has 0 aliphatic heterocycles. The van der Waals surface area contributed by atoms with Gasteiger partial charge >= 0.3 is 5.97 Å². The maximum absolute atomic E-state index is 11.4. The highest BCUT2D eigenvalue weighted by atomic mass is 35.5. The fourth-order valence-electron chi connectivity index (χ4n) is 3.34. The smallest absolute Gasteiger partial charge is 0.338 e. The molecule has 4 rings (SSSR count). The fraction of sp³-hybridized carbons (Fsp3) is 0.200. The number of imidazole rings is 1. The number of fused-ring (bicyclic) bond motifs is 1. The van der Waals surface area contributed by atoms with Crippen LogP contribution in [-0.4, -0.2) is 42.9 Å². The lowest BCUT2D eigenvalue weighted by Crippen LogP contribution is -2.17. The van der Waals surface area contributed by atoms with Crippen molar-refractivity contribution in [3.8, 4) is 5.75 Å². The predicted octanol–water partition coefficient (Wildman–Crippen LogP) is 3.66. The first-order valence-corrected chi connectivity index (χ1v) is 9.26. The minimum absolute atomic E-state index is 0.0495. The summed E-state index contributed by atoms with van der Waals surface area (Å²) in [5.41, 5.74) is 2.12. The topological polar surface area (TPSA) is 106 Å². The van der Waals surface area contributed by atoms with Crippen LogP contribution < -0.4 is 4.74 Å². The van der Waals surface area contributed by atoms with Crippen molar-refractivity contribution in [3.05, 3.63) is 70.5 Å². The summed E-state index contributed by atoms with van der Waals surface area (Å²) >= 11 is 6.37. The van der Waals surface area contributed by atoms with Crippen molar-refractivity contribution in [2.45, 2.75) is 19.4 Å². The van der Waals surface area contributed by atoms with Crippen LogP contribution in [0.25, 0.3) is 11.0 Å². The summed E-state index contributed by atoms with van der Waals surface area (Å²) in [4.78, 5) is 23.3. The average molecular weight is 412 g/mol. The molecule has 0 saturated heterocycles. The SMILES string of the molecule is COc1ccc(CC(c2ncc[nH]2)n2nc(C)c3c(Cl)c(C(=O)O)cnc32)cc1. The van der Waals surface area contributed by atoms with E-state index in [-0.39, 0.29) is 16.6 Å². The molecule has 1 unspecified atom stereocenters. The number of ether oxygens (including phenoxy) is 1. The molecule has 29 heavy (non-hydrogen) atoms. The predicted molar refractivity (Wildman–Crippen MR) is 108 cm³/mol. The molecule has 0 radical (unpaired) electrons. The first-order chi connectivity index (χ1) is 14.0. The first-order valence-electron chi connectivity index (χ1n) is 8.88. The Bertz CT molecular complexity index is 1170. The highest BCUT2D eigenvalue weighted by Crippen LogP contribution is 2.32. The lowest BCUT2D eigenvalue weighted by Gasteiger charge is -2.17. The van der Waals surface area contributed by atoms with Crippen LogP contribution in [0.3, 0.4) is 0 Å². The van der Waals surface area contributed by atoms with Crippen molar-refractivity contribution in [1.29, 1.82) is 0 Å². The van der Waals surface area contributed by atoms with Gasteiger partial charge < -0.3 is 14.8 Å². The maximum Gasteiger partial charge on any atom is 0.338 e. The number of methoxy groups -OCH3 is 1. The number of hydrogen-bond donors (Lipinski definition) is 2. The van der Waals surface area contributed by atoms with Gasteiger partial charge in [-0.3, -0.25) is 0 Å². The number of H-pyrrole nitrogens is 1. The second-order valence-corrected chi connectivity index (χ2v) is 6.94. The number of hydrogen-bond acceptors (Lipinski definition) is 5. The third kappa shape index (κ3) is 3.42. The number of aromatic carboxylic acids is 1. The number of carboxylic acid groups (broad SMARTS) is 1. The zero-order chi connectivity index (χ0) is 20.5. The normalized spacial score (nSPS) is 12.2. The largest absolute Gasteiger partial charge is 0.497 e. The van der Waals surface area contributed by atoms with E-state index in [0.717, 1.165) is 11.3 Å². The number of aromatic nitrogens is 5. The molecule has 0 fully saturated rings. The van der Waals surface area contributed by atoms with E-state index in [9.17, 15) is 9.90 Å². The molecule has 0 saturated carbocycles. The van der Waals surface area contributed by atoms with Crippen LogP contribution in [0.2, 0.25) is 5.02 Å². The van der Waals surface area contributed by atoms with Crippen molar-refractivity contribution in [2.24, 2.45) is 0 Å². The number of nitrogens with zero attached hydrogens (tertiary/aromatic N) is 4. The van der Waals surface area contributed by atoms with Crippen molar-refractivity contribution in [1.82, 2.24) is 24.7 Å².